The van der Waals surface area contributed by atoms with Crippen molar-refractivity contribution < 1.29 is 9.26 Å². The lowest BCUT2D eigenvalue weighted by molar-refractivity contribution is 0.242. The van der Waals surface area contributed by atoms with Gasteiger partial charge in [0.1, 0.15) is 5.75 Å². The van der Waals surface area contributed by atoms with Gasteiger partial charge in [-0.25, -0.2) is 0 Å². The number of nitriles is 1. The predicted molar refractivity (Wildman–Crippen MR) is 90.7 cm³/mol. The summed E-state index contributed by atoms with van der Waals surface area (Å²) in [5.74, 6) is 1.44. The van der Waals surface area contributed by atoms with Gasteiger partial charge in [0.05, 0.1) is 22.8 Å². The molecule has 1 heterocycles. The zero-order chi connectivity index (χ0) is 17.1. The molecular weight excluding hydrogens is 326 g/mol. The second-order valence-electron chi connectivity index (χ2n) is 5.42. The molecule has 0 aliphatic carbocycles. The van der Waals surface area contributed by atoms with E-state index in [1.807, 2.05) is 19.9 Å². The minimum Gasteiger partial charge on any atom is -0.489 e. The Bertz CT molecular complexity index is 895. The Labute approximate surface area is 144 Å². The smallest absolute Gasteiger partial charge is 0.258 e. The molecule has 0 amide bonds. The summed E-state index contributed by atoms with van der Waals surface area (Å²) in [7, 11) is 0. The maximum absolute atomic E-state index is 8.83. The highest BCUT2D eigenvalue weighted by molar-refractivity contribution is 6.32. The highest BCUT2D eigenvalue weighted by atomic mass is 35.5. The molecule has 0 unspecified atom stereocenters. The normalized spacial score (nSPS) is 10.6. The van der Waals surface area contributed by atoms with Crippen LogP contribution in [0.2, 0.25) is 5.02 Å². The molecule has 0 radical (unpaired) electrons. The van der Waals surface area contributed by atoms with Crippen LogP contribution in [0.3, 0.4) is 0 Å². The van der Waals surface area contributed by atoms with Crippen LogP contribution in [-0.2, 0) is 0 Å². The molecule has 0 saturated heterocycles. The quantitative estimate of drug-likeness (QED) is 0.688. The van der Waals surface area contributed by atoms with Gasteiger partial charge in [-0.3, -0.25) is 0 Å². The number of hydrogen-bond acceptors (Lipinski definition) is 5. The Morgan fingerprint density at radius 1 is 1.12 bits per heavy atom. The van der Waals surface area contributed by atoms with E-state index in [2.05, 4.69) is 16.2 Å². The molecule has 0 aliphatic heterocycles. The maximum atomic E-state index is 8.83. The second kappa shape index (κ2) is 6.73. The largest absolute Gasteiger partial charge is 0.489 e. The molecule has 0 bridgehead atoms. The van der Waals surface area contributed by atoms with Crippen LogP contribution < -0.4 is 4.74 Å². The van der Waals surface area contributed by atoms with Gasteiger partial charge in [-0.1, -0.05) is 16.8 Å². The van der Waals surface area contributed by atoms with Gasteiger partial charge in [0.25, 0.3) is 5.89 Å². The number of hydrogen-bond donors (Lipinski definition) is 0. The first kappa shape index (κ1) is 16.0. The molecule has 0 fully saturated rings. The predicted octanol–water partition coefficient (Wildman–Crippen LogP) is 4.72. The second-order valence-corrected chi connectivity index (χ2v) is 5.83. The number of rotatable bonds is 4. The molecule has 24 heavy (non-hydrogen) atoms. The van der Waals surface area contributed by atoms with Crippen molar-refractivity contribution in [3.63, 3.8) is 0 Å². The van der Waals surface area contributed by atoms with Crippen LogP contribution >= 0.6 is 11.6 Å². The number of ether oxygens (including phenoxy) is 1. The van der Waals surface area contributed by atoms with Crippen molar-refractivity contribution >= 4 is 11.6 Å². The van der Waals surface area contributed by atoms with Gasteiger partial charge in [-0.05, 0) is 56.3 Å². The lowest BCUT2D eigenvalue weighted by atomic mass is 10.1. The standard InChI is InChI=1S/C18H14ClN3O2/c1-11(2)23-16-8-7-14(9-15(16)19)17-21-18(24-22-17)13-5-3-12(10-20)4-6-13/h3-9,11H,1-2H3. The van der Waals surface area contributed by atoms with Crippen molar-refractivity contribution in [2.24, 2.45) is 0 Å². The van der Waals surface area contributed by atoms with E-state index in [9.17, 15) is 0 Å². The molecule has 0 atom stereocenters. The van der Waals surface area contributed by atoms with Gasteiger partial charge in [-0.2, -0.15) is 10.2 Å². The molecule has 5 nitrogen and oxygen atoms in total. The molecule has 0 spiro atoms. The molecule has 3 rings (SSSR count). The van der Waals surface area contributed by atoms with Crippen LogP contribution in [-0.4, -0.2) is 16.2 Å². The third kappa shape index (κ3) is 3.39. The van der Waals surface area contributed by atoms with Crippen molar-refractivity contribution in [3.8, 4) is 34.7 Å². The monoisotopic (exact) mass is 339 g/mol. The van der Waals surface area contributed by atoms with E-state index in [0.717, 1.165) is 11.1 Å². The van der Waals surface area contributed by atoms with Crippen molar-refractivity contribution in [1.29, 1.82) is 5.26 Å². The van der Waals surface area contributed by atoms with E-state index < -0.39 is 0 Å². The van der Waals surface area contributed by atoms with Crippen LogP contribution in [0, 0.1) is 11.3 Å². The van der Waals surface area contributed by atoms with E-state index in [0.29, 0.717) is 28.1 Å². The van der Waals surface area contributed by atoms with Crippen LogP contribution in [0.4, 0.5) is 0 Å². The number of nitrogens with zero attached hydrogens (tertiary/aromatic N) is 3. The Morgan fingerprint density at radius 2 is 1.83 bits per heavy atom. The molecule has 6 heteroatoms. The van der Waals surface area contributed by atoms with Gasteiger partial charge in [0.2, 0.25) is 5.82 Å². The lowest BCUT2D eigenvalue weighted by Gasteiger charge is -2.11. The van der Waals surface area contributed by atoms with Crippen LogP contribution in [0.5, 0.6) is 5.75 Å². The summed E-state index contributed by atoms with van der Waals surface area (Å²) in [6.07, 6.45) is 0.0431. The van der Waals surface area contributed by atoms with E-state index >= 15 is 0 Å². The topological polar surface area (TPSA) is 71.9 Å². The SMILES string of the molecule is CC(C)Oc1ccc(-c2noc(-c3ccc(C#N)cc3)n2)cc1Cl. The molecule has 2 aromatic carbocycles. The summed E-state index contributed by atoms with van der Waals surface area (Å²) in [6, 6.07) is 14.4. The Morgan fingerprint density at radius 3 is 2.46 bits per heavy atom. The molecule has 3 aromatic rings. The highest BCUT2D eigenvalue weighted by Crippen LogP contribution is 2.31. The van der Waals surface area contributed by atoms with Gasteiger partial charge in [0, 0.05) is 11.1 Å². The lowest BCUT2D eigenvalue weighted by Crippen LogP contribution is -2.05. The Kier molecular flexibility index (Phi) is 4.50. The van der Waals surface area contributed by atoms with E-state index in [1.54, 1.807) is 36.4 Å². The molecule has 0 saturated carbocycles. The van der Waals surface area contributed by atoms with Crippen LogP contribution in [0.1, 0.15) is 19.4 Å². The summed E-state index contributed by atoms with van der Waals surface area (Å²) in [6.45, 7) is 3.88. The van der Waals surface area contributed by atoms with Gasteiger partial charge in [-0.15, -0.1) is 0 Å². The van der Waals surface area contributed by atoms with Gasteiger partial charge in [0.15, 0.2) is 0 Å². The van der Waals surface area contributed by atoms with Crippen molar-refractivity contribution in [3.05, 3.63) is 53.1 Å². The van der Waals surface area contributed by atoms with E-state index in [1.165, 1.54) is 0 Å². The third-order valence-corrected chi connectivity index (χ3v) is 3.54. The first-order valence-corrected chi connectivity index (χ1v) is 7.75. The minimum atomic E-state index is 0.0431. The summed E-state index contributed by atoms with van der Waals surface area (Å²) in [5, 5.41) is 13.3. The average molecular weight is 340 g/mol. The maximum Gasteiger partial charge on any atom is 0.258 e. The molecular formula is C18H14ClN3O2. The summed E-state index contributed by atoms with van der Waals surface area (Å²) in [4.78, 5) is 4.38. The van der Waals surface area contributed by atoms with Crippen LogP contribution in [0.25, 0.3) is 22.8 Å². The summed E-state index contributed by atoms with van der Waals surface area (Å²) in [5.41, 5.74) is 2.06. The fourth-order valence-corrected chi connectivity index (χ4v) is 2.36. The third-order valence-electron chi connectivity index (χ3n) is 3.24. The van der Waals surface area contributed by atoms with Gasteiger partial charge >= 0.3 is 0 Å². The molecule has 120 valence electrons. The average Bonchev–Trinajstić information content (AvgIpc) is 3.06. The summed E-state index contributed by atoms with van der Waals surface area (Å²) < 4.78 is 10.9. The van der Waals surface area contributed by atoms with E-state index in [-0.39, 0.29) is 6.10 Å². The van der Waals surface area contributed by atoms with Crippen molar-refractivity contribution in [1.82, 2.24) is 10.1 Å². The molecule has 0 N–H and O–H groups in total. The molecule has 1 aromatic heterocycles. The van der Waals surface area contributed by atoms with Gasteiger partial charge < -0.3 is 9.26 Å². The molecule has 0 aliphatic rings. The van der Waals surface area contributed by atoms with Crippen molar-refractivity contribution in [2.75, 3.05) is 0 Å². The Balaban J connectivity index is 1.87. The van der Waals surface area contributed by atoms with Crippen LogP contribution in [0.15, 0.2) is 47.0 Å². The number of aromatic nitrogens is 2. The summed E-state index contributed by atoms with van der Waals surface area (Å²) >= 11 is 6.24. The Hall–Kier alpha value is -2.84. The fraction of sp³-hybridized carbons (Fsp3) is 0.167. The first-order valence-electron chi connectivity index (χ1n) is 7.37. The zero-order valence-electron chi connectivity index (χ0n) is 13.2. The zero-order valence-corrected chi connectivity index (χ0v) is 13.9. The highest BCUT2D eigenvalue weighted by Gasteiger charge is 2.13. The number of benzene rings is 2. The number of halogens is 1. The minimum absolute atomic E-state index is 0.0431. The van der Waals surface area contributed by atoms with E-state index in [4.69, 9.17) is 26.1 Å². The fourth-order valence-electron chi connectivity index (χ4n) is 2.13. The van der Waals surface area contributed by atoms with Crippen molar-refractivity contribution in [2.45, 2.75) is 20.0 Å². The first-order chi connectivity index (χ1) is 11.6.